The molecule has 0 unspecified atom stereocenters. The molecule has 4 N–H and O–H groups in total. The molecule has 0 spiro atoms. The van der Waals surface area contributed by atoms with Gasteiger partial charge in [0.1, 0.15) is 11.5 Å². The number of carbonyl (C=O) groups is 1. The Morgan fingerprint density at radius 1 is 1.20 bits per heavy atom. The van der Waals surface area contributed by atoms with Crippen molar-refractivity contribution >= 4 is 28.5 Å². The quantitative estimate of drug-likeness (QED) is 0.517. The van der Waals surface area contributed by atoms with Gasteiger partial charge < -0.3 is 15.7 Å². The van der Waals surface area contributed by atoms with E-state index in [4.69, 9.17) is 17.3 Å². The fraction of sp³-hybridized carbons (Fsp3) is 0. The Balaban J connectivity index is 1.97. The van der Waals surface area contributed by atoms with E-state index in [1.54, 1.807) is 24.5 Å². The molecule has 0 bridgehead atoms. The van der Waals surface area contributed by atoms with Crippen LogP contribution in [0.5, 0.6) is 0 Å². The number of carbonyl (C=O) groups excluding carboxylic acids is 1. The summed E-state index contributed by atoms with van der Waals surface area (Å²) < 4.78 is 13.8. The number of primary amides is 1. The number of nitrogens with two attached hydrogens (primary N) is 1. The standard InChI is InChI=1S/C18H12ClFN4O/c19-15-11(2-1-3-13(15)20)16-12(17(21)25)8-14(24-16)9-4-6-22-18-10(9)5-7-23-18/h1-8,24H,(H2,21,25)(H,22,23). The zero-order chi connectivity index (χ0) is 17.6. The monoisotopic (exact) mass is 354 g/mol. The molecular weight excluding hydrogens is 343 g/mol. The first-order valence-corrected chi connectivity index (χ1v) is 7.83. The summed E-state index contributed by atoms with van der Waals surface area (Å²) in [6.45, 7) is 0. The number of fused-ring (bicyclic) bond motifs is 1. The molecule has 1 aromatic carbocycles. The number of aromatic nitrogens is 3. The maximum Gasteiger partial charge on any atom is 0.250 e. The van der Waals surface area contributed by atoms with Crippen molar-refractivity contribution < 1.29 is 9.18 Å². The molecule has 0 aliphatic carbocycles. The number of hydrogen-bond acceptors (Lipinski definition) is 2. The molecule has 0 fully saturated rings. The van der Waals surface area contributed by atoms with E-state index in [-0.39, 0.29) is 10.6 Å². The molecule has 124 valence electrons. The van der Waals surface area contributed by atoms with Gasteiger partial charge in [0, 0.05) is 34.6 Å². The summed E-state index contributed by atoms with van der Waals surface area (Å²) in [5.41, 5.74) is 8.73. The third-order valence-corrected chi connectivity index (χ3v) is 4.44. The van der Waals surface area contributed by atoms with Crippen LogP contribution >= 0.6 is 11.6 Å². The highest BCUT2D eigenvalue weighted by molar-refractivity contribution is 6.33. The summed E-state index contributed by atoms with van der Waals surface area (Å²) in [6, 6.07) is 9.76. The summed E-state index contributed by atoms with van der Waals surface area (Å²) in [6.07, 6.45) is 3.44. The van der Waals surface area contributed by atoms with Gasteiger partial charge in [-0.2, -0.15) is 0 Å². The molecule has 5 nitrogen and oxygen atoms in total. The van der Waals surface area contributed by atoms with E-state index in [9.17, 15) is 9.18 Å². The number of halogens is 2. The lowest BCUT2D eigenvalue weighted by molar-refractivity contribution is 0.100. The van der Waals surface area contributed by atoms with Gasteiger partial charge in [-0.15, -0.1) is 0 Å². The highest BCUT2D eigenvalue weighted by Crippen LogP contribution is 2.35. The number of pyridine rings is 1. The predicted octanol–water partition coefficient (Wildman–Crippen LogP) is 4.12. The molecule has 7 heteroatoms. The lowest BCUT2D eigenvalue weighted by Crippen LogP contribution is -2.11. The second-order valence-corrected chi connectivity index (χ2v) is 5.91. The smallest absolute Gasteiger partial charge is 0.250 e. The topological polar surface area (TPSA) is 87.6 Å². The zero-order valence-corrected chi connectivity index (χ0v) is 13.6. The third-order valence-electron chi connectivity index (χ3n) is 4.05. The molecule has 3 aromatic heterocycles. The lowest BCUT2D eigenvalue weighted by Gasteiger charge is -2.05. The van der Waals surface area contributed by atoms with E-state index in [1.807, 2.05) is 12.1 Å². The van der Waals surface area contributed by atoms with E-state index in [0.29, 0.717) is 17.0 Å². The van der Waals surface area contributed by atoms with Crippen LogP contribution in [0.4, 0.5) is 4.39 Å². The molecule has 4 aromatic rings. The summed E-state index contributed by atoms with van der Waals surface area (Å²) in [5, 5.41) is 0.816. The summed E-state index contributed by atoms with van der Waals surface area (Å²) >= 11 is 6.08. The van der Waals surface area contributed by atoms with Crippen molar-refractivity contribution in [2.75, 3.05) is 0 Å². The second kappa shape index (κ2) is 5.75. The number of H-pyrrole nitrogens is 2. The minimum atomic E-state index is -0.628. The highest BCUT2D eigenvalue weighted by Gasteiger charge is 2.19. The van der Waals surface area contributed by atoms with Crippen molar-refractivity contribution in [2.45, 2.75) is 0 Å². The highest BCUT2D eigenvalue weighted by atomic mass is 35.5. The third kappa shape index (κ3) is 2.47. The fourth-order valence-electron chi connectivity index (χ4n) is 2.90. The van der Waals surface area contributed by atoms with Gasteiger partial charge in [-0.1, -0.05) is 23.7 Å². The Morgan fingerprint density at radius 2 is 2.04 bits per heavy atom. The number of nitrogens with one attached hydrogen (secondary N) is 2. The zero-order valence-electron chi connectivity index (χ0n) is 12.8. The van der Waals surface area contributed by atoms with Crippen LogP contribution in [0, 0.1) is 5.82 Å². The minimum Gasteiger partial charge on any atom is -0.366 e. The first kappa shape index (κ1) is 15.4. The molecule has 1 amide bonds. The van der Waals surface area contributed by atoms with Gasteiger partial charge in [-0.25, -0.2) is 9.37 Å². The molecule has 0 saturated heterocycles. The number of aromatic amines is 2. The molecule has 3 heterocycles. The van der Waals surface area contributed by atoms with E-state index >= 15 is 0 Å². The number of amides is 1. The first-order valence-electron chi connectivity index (χ1n) is 7.46. The SMILES string of the molecule is NC(=O)c1cc(-c2ccnc3[nH]ccc23)[nH]c1-c1cccc(F)c1Cl. The molecule has 4 rings (SSSR count). The average Bonchev–Trinajstić information content (AvgIpc) is 3.23. The van der Waals surface area contributed by atoms with E-state index < -0.39 is 11.7 Å². The van der Waals surface area contributed by atoms with Crippen LogP contribution < -0.4 is 5.73 Å². The number of benzene rings is 1. The molecule has 0 aliphatic rings. The molecule has 0 saturated carbocycles. The molecular formula is C18H12ClFN4O. The largest absolute Gasteiger partial charge is 0.366 e. The van der Waals surface area contributed by atoms with E-state index in [2.05, 4.69) is 15.0 Å². The van der Waals surface area contributed by atoms with Gasteiger partial charge in [0.05, 0.1) is 16.3 Å². The van der Waals surface area contributed by atoms with Crippen LogP contribution in [0.2, 0.25) is 5.02 Å². The van der Waals surface area contributed by atoms with Gasteiger partial charge in [0.2, 0.25) is 0 Å². The summed E-state index contributed by atoms with van der Waals surface area (Å²) in [5.74, 6) is -1.19. The van der Waals surface area contributed by atoms with Crippen LogP contribution in [0.25, 0.3) is 33.5 Å². The normalized spacial score (nSPS) is 11.1. The number of nitrogens with zero attached hydrogens (tertiary/aromatic N) is 1. The average molecular weight is 355 g/mol. The van der Waals surface area contributed by atoms with Gasteiger partial charge >= 0.3 is 0 Å². The van der Waals surface area contributed by atoms with Crippen LogP contribution in [-0.4, -0.2) is 20.9 Å². The van der Waals surface area contributed by atoms with Crippen molar-refractivity contribution in [1.29, 1.82) is 0 Å². The first-order chi connectivity index (χ1) is 12.1. The van der Waals surface area contributed by atoms with Crippen molar-refractivity contribution in [2.24, 2.45) is 5.73 Å². The Bertz CT molecular complexity index is 1120. The van der Waals surface area contributed by atoms with Crippen molar-refractivity contribution in [3.05, 3.63) is 65.2 Å². The van der Waals surface area contributed by atoms with E-state index in [0.717, 1.165) is 16.6 Å². The van der Waals surface area contributed by atoms with Crippen LogP contribution in [-0.2, 0) is 0 Å². The van der Waals surface area contributed by atoms with Crippen molar-refractivity contribution in [3.8, 4) is 22.5 Å². The maximum atomic E-state index is 13.8. The predicted molar refractivity (Wildman–Crippen MR) is 94.8 cm³/mol. The van der Waals surface area contributed by atoms with Crippen LogP contribution in [0.15, 0.2) is 48.8 Å². The van der Waals surface area contributed by atoms with Crippen molar-refractivity contribution in [3.63, 3.8) is 0 Å². The molecule has 0 aliphatic heterocycles. The minimum absolute atomic E-state index is 0.0695. The van der Waals surface area contributed by atoms with Gasteiger partial charge in [0.25, 0.3) is 5.91 Å². The van der Waals surface area contributed by atoms with Crippen molar-refractivity contribution in [1.82, 2.24) is 15.0 Å². The Kier molecular flexibility index (Phi) is 3.54. The number of rotatable bonds is 3. The fourth-order valence-corrected chi connectivity index (χ4v) is 3.12. The Morgan fingerprint density at radius 3 is 2.84 bits per heavy atom. The molecule has 0 radical (unpaired) electrons. The maximum absolute atomic E-state index is 13.8. The van der Waals surface area contributed by atoms with E-state index in [1.165, 1.54) is 12.1 Å². The van der Waals surface area contributed by atoms with Gasteiger partial charge in [0.15, 0.2) is 0 Å². The lowest BCUT2D eigenvalue weighted by atomic mass is 10.1. The summed E-state index contributed by atoms with van der Waals surface area (Å²) in [7, 11) is 0. The Labute approximate surface area is 146 Å². The van der Waals surface area contributed by atoms with Gasteiger partial charge in [-0.3, -0.25) is 4.79 Å². The van der Waals surface area contributed by atoms with Crippen LogP contribution in [0.1, 0.15) is 10.4 Å². The second-order valence-electron chi connectivity index (χ2n) is 5.54. The van der Waals surface area contributed by atoms with Crippen LogP contribution in [0.3, 0.4) is 0 Å². The molecule has 25 heavy (non-hydrogen) atoms. The molecule has 0 atom stereocenters. The number of hydrogen-bond donors (Lipinski definition) is 3. The Hall–Kier alpha value is -3.12. The van der Waals surface area contributed by atoms with Gasteiger partial charge in [-0.05, 0) is 24.3 Å². The summed E-state index contributed by atoms with van der Waals surface area (Å²) in [4.78, 5) is 22.3.